The topological polar surface area (TPSA) is 80.8 Å². The van der Waals surface area contributed by atoms with Crippen LogP contribution in [0.25, 0.3) is 0 Å². The van der Waals surface area contributed by atoms with E-state index >= 15 is 0 Å². The van der Waals surface area contributed by atoms with E-state index < -0.39 is 11.7 Å². The Bertz CT molecular complexity index is 904. The third-order valence-corrected chi connectivity index (χ3v) is 6.05. The van der Waals surface area contributed by atoms with E-state index in [0.29, 0.717) is 55.0 Å². The molecule has 3 heterocycles. The quantitative estimate of drug-likeness (QED) is 0.785. The van der Waals surface area contributed by atoms with Gasteiger partial charge in [-0.3, -0.25) is 14.9 Å². The lowest BCUT2D eigenvalue weighted by Crippen LogP contribution is -2.47. The lowest BCUT2D eigenvalue weighted by molar-refractivity contribution is -0.181. The number of rotatable bonds is 3. The lowest BCUT2D eigenvalue weighted by Gasteiger charge is -2.37. The predicted molar refractivity (Wildman–Crippen MR) is 106 cm³/mol. The second kappa shape index (κ2) is 7.96. The van der Waals surface area contributed by atoms with Gasteiger partial charge in [0.25, 0.3) is 11.8 Å². The first-order valence-corrected chi connectivity index (χ1v) is 10.4. The SMILES string of the molecule is O=C(Nc1nc(C(=O)N2CCC3(CC2)OCCO3)cs1)c1ccc(Cl)cc1Cl. The summed E-state index contributed by atoms with van der Waals surface area (Å²) < 4.78 is 11.4. The summed E-state index contributed by atoms with van der Waals surface area (Å²) in [5.74, 6) is -1.12. The fourth-order valence-electron chi connectivity index (χ4n) is 3.27. The number of hydrogen-bond acceptors (Lipinski definition) is 6. The molecule has 2 amide bonds. The molecule has 28 heavy (non-hydrogen) atoms. The van der Waals surface area contributed by atoms with E-state index in [2.05, 4.69) is 10.3 Å². The number of anilines is 1. The molecule has 2 saturated heterocycles. The van der Waals surface area contributed by atoms with E-state index in [9.17, 15) is 9.59 Å². The highest BCUT2D eigenvalue weighted by molar-refractivity contribution is 7.14. The van der Waals surface area contributed by atoms with E-state index in [-0.39, 0.29) is 16.5 Å². The van der Waals surface area contributed by atoms with Crippen molar-refractivity contribution in [3.8, 4) is 0 Å². The fourth-order valence-corrected chi connectivity index (χ4v) is 4.44. The van der Waals surface area contributed by atoms with Crippen molar-refractivity contribution in [1.82, 2.24) is 9.88 Å². The van der Waals surface area contributed by atoms with Crippen molar-refractivity contribution < 1.29 is 19.1 Å². The van der Waals surface area contributed by atoms with Crippen molar-refractivity contribution in [1.29, 1.82) is 0 Å². The Balaban J connectivity index is 1.38. The number of nitrogens with one attached hydrogen (secondary N) is 1. The third-order valence-electron chi connectivity index (χ3n) is 4.75. The molecule has 2 aliphatic heterocycles. The number of piperidine rings is 1. The molecule has 1 N–H and O–H groups in total. The number of hydrogen-bond donors (Lipinski definition) is 1. The third kappa shape index (κ3) is 4.01. The van der Waals surface area contributed by atoms with Crippen LogP contribution in [0.15, 0.2) is 23.6 Å². The van der Waals surface area contributed by atoms with Crippen LogP contribution < -0.4 is 5.32 Å². The van der Waals surface area contributed by atoms with Crippen LogP contribution in [0.1, 0.15) is 33.7 Å². The molecule has 1 spiro atoms. The average molecular weight is 442 g/mol. The Kier molecular flexibility index (Phi) is 5.57. The molecule has 148 valence electrons. The molecule has 2 fully saturated rings. The van der Waals surface area contributed by atoms with Crippen LogP contribution >= 0.6 is 34.5 Å². The van der Waals surface area contributed by atoms with Gasteiger partial charge in [-0.15, -0.1) is 11.3 Å². The van der Waals surface area contributed by atoms with Crippen molar-refractivity contribution in [2.75, 3.05) is 31.6 Å². The first kappa shape index (κ1) is 19.6. The first-order chi connectivity index (χ1) is 13.5. The van der Waals surface area contributed by atoms with Crippen LogP contribution in [0.3, 0.4) is 0 Å². The van der Waals surface area contributed by atoms with Crippen LogP contribution in [0.2, 0.25) is 10.0 Å². The first-order valence-electron chi connectivity index (χ1n) is 8.75. The van der Waals surface area contributed by atoms with Crippen molar-refractivity contribution >= 4 is 51.5 Å². The van der Waals surface area contributed by atoms with Gasteiger partial charge in [-0.05, 0) is 18.2 Å². The average Bonchev–Trinajstić information content (AvgIpc) is 3.32. The lowest BCUT2D eigenvalue weighted by atomic mass is 10.0. The molecule has 7 nitrogen and oxygen atoms in total. The molecular formula is C18H17Cl2N3O4S. The van der Waals surface area contributed by atoms with Gasteiger partial charge in [0.05, 0.1) is 23.8 Å². The van der Waals surface area contributed by atoms with Gasteiger partial charge in [0, 0.05) is 36.3 Å². The fraction of sp³-hybridized carbons (Fsp3) is 0.389. The highest BCUT2D eigenvalue weighted by Gasteiger charge is 2.41. The Morgan fingerprint density at radius 2 is 1.89 bits per heavy atom. The minimum absolute atomic E-state index is 0.172. The maximum atomic E-state index is 12.7. The molecule has 1 aromatic heterocycles. The molecule has 10 heteroatoms. The molecule has 2 aliphatic rings. The van der Waals surface area contributed by atoms with Crippen LogP contribution in [0.4, 0.5) is 5.13 Å². The second-order valence-electron chi connectivity index (χ2n) is 6.52. The van der Waals surface area contributed by atoms with Crippen LogP contribution in [0, 0.1) is 0 Å². The van der Waals surface area contributed by atoms with Gasteiger partial charge in [-0.25, -0.2) is 4.98 Å². The Hall–Kier alpha value is -1.71. The van der Waals surface area contributed by atoms with E-state index in [1.165, 1.54) is 23.5 Å². The second-order valence-corrected chi connectivity index (χ2v) is 8.22. The van der Waals surface area contributed by atoms with E-state index in [1.807, 2.05) is 0 Å². The number of ether oxygens (including phenoxy) is 2. The Morgan fingerprint density at radius 1 is 1.18 bits per heavy atom. The number of carbonyl (C=O) groups is 2. The summed E-state index contributed by atoms with van der Waals surface area (Å²) in [6, 6.07) is 4.62. The summed E-state index contributed by atoms with van der Waals surface area (Å²) in [6.45, 7) is 2.28. The van der Waals surface area contributed by atoms with Gasteiger partial charge in [-0.1, -0.05) is 23.2 Å². The number of thiazole rings is 1. The Labute approximate surface area is 175 Å². The molecule has 0 atom stereocenters. The molecule has 1 aromatic carbocycles. The number of likely N-dealkylation sites (tertiary alicyclic amines) is 1. The number of halogens is 2. The summed E-state index contributed by atoms with van der Waals surface area (Å²) >= 11 is 13.1. The number of nitrogens with zero attached hydrogens (tertiary/aromatic N) is 2. The zero-order chi connectivity index (χ0) is 19.7. The standard InChI is InChI=1S/C18H17Cl2N3O4S/c19-11-1-2-12(13(20)9-11)15(24)22-17-21-14(10-28-17)16(25)23-5-3-18(4-6-23)26-7-8-27-18/h1-2,9-10H,3-8H2,(H,21,22,24). The van der Waals surface area contributed by atoms with Gasteiger partial charge in [0.1, 0.15) is 5.69 Å². The zero-order valence-electron chi connectivity index (χ0n) is 14.7. The van der Waals surface area contributed by atoms with Gasteiger partial charge in [-0.2, -0.15) is 0 Å². The van der Waals surface area contributed by atoms with Gasteiger partial charge < -0.3 is 14.4 Å². The van der Waals surface area contributed by atoms with Crippen LogP contribution in [-0.4, -0.2) is 53.8 Å². The van der Waals surface area contributed by atoms with Gasteiger partial charge >= 0.3 is 0 Å². The minimum atomic E-state index is -0.532. The highest BCUT2D eigenvalue weighted by atomic mass is 35.5. The minimum Gasteiger partial charge on any atom is -0.347 e. The van der Waals surface area contributed by atoms with Crippen molar-refractivity contribution in [2.45, 2.75) is 18.6 Å². The monoisotopic (exact) mass is 441 g/mol. The molecule has 4 rings (SSSR count). The summed E-state index contributed by atoms with van der Waals surface area (Å²) in [4.78, 5) is 31.1. The summed E-state index contributed by atoms with van der Waals surface area (Å²) in [5, 5.41) is 5.32. The molecule has 0 aliphatic carbocycles. The molecule has 2 aromatic rings. The largest absolute Gasteiger partial charge is 0.347 e. The van der Waals surface area contributed by atoms with E-state index in [4.69, 9.17) is 32.7 Å². The Morgan fingerprint density at radius 3 is 2.57 bits per heavy atom. The van der Waals surface area contributed by atoms with Crippen LogP contribution in [0.5, 0.6) is 0 Å². The maximum absolute atomic E-state index is 12.7. The van der Waals surface area contributed by atoms with Gasteiger partial charge in [0.15, 0.2) is 10.9 Å². The zero-order valence-corrected chi connectivity index (χ0v) is 17.1. The molecule has 0 saturated carbocycles. The van der Waals surface area contributed by atoms with Gasteiger partial charge in [0.2, 0.25) is 0 Å². The molecule has 0 unspecified atom stereocenters. The van der Waals surface area contributed by atoms with Crippen molar-refractivity contribution in [3.63, 3.8) is 0 Å². The normalized spacial score (nSPS) is 18.4. The number of benzene rings is 1. The smallest absolute Gasteiger partial charge is 0.273 e. The van der Waals surface area contributed by atoms with E-state index in [0.717, 1.165) is 0 Å². The molecule has 0 radical (unpaired) electrons. The number of amides is 2. The van der Waals surface area contributed by atoms with Crippen molar-refractivity contribution in [3.05, 3.63) is 44.9 Å². The molecule has 0 bridgehead atoms. The van der Waals surface area contributed by atoms with Crippen LogP contribution in [-0.2, 0) is 9.47 Å². The predicted octanol–water partition coefficient (Wildman–Crippen LogP) is 3.68. The summed E-state index contributed by atoms with van der Waals surface area (Å²) in [6.07, 6.45) is 1.28. The molecular weight excluding hydrogens is 425 g/mol. The van der Waals surface area contributed by atoms with E-state index in [1.54, 1.807) is 16.3 Å². The number of aromatic nitrogens is 1. The highest BCUT2D eigenvalue weighted by Crippen LogP contribution is 2.32. The summed E-state index contributed by atoms with van der Waals surface area (Å²) in [5.41, 5.74) is 0.582. The number of carbonyl (C=O) groups excluding carboxylic acids is 2. The van der Waals surface area contributed by atoms with Crippen molar-refractivity contribution in [2.24, 2.45) is 0 Å². The summed E-state index contributed by atoms with van der Waals surface area (Å²) in [7, 11) is 0. The maximum Gasteiger partial charge on any atom is 0.273 e.